The summed E-state index contributed by atoms with van der Waals surface area (Å²) in [6.07, 6.45) is 0.964. The Balaban J connectivity index is 3.09. The quantitative estimate of drug-likeness (QED) is 0.125. The minimum atomic E-state index is -1.30. The number of carbonyl (C=O) groups is 5. The fourth-order valence-corrected chi connectivity index (χ4v) is 3.59. The third-order valence-corrected chi connectivity index (χ3v) is 5.56. The summed E-state index contributed by atoms with van der Waals surface area (Å²) in [6, 6.07) is 5.84. The van der Waals surface area contributed by atoms with Gasteiger partial charge in [-0.25, -0.2) is 0 Å². The minimum absolute atomic E-state index is 0.0312. The lowest BCUT2D eigenvalue weighted by Gasteiger charge is -2.24. The van der Waals surface area contributed by atoms with Gasteiger partial charge in [0.15, 0.2) is 5.78 Å². The van der Waals surface area contributed by atoms with Crippen LogP contribution in [-0.2, 0) is 35.1 Å². The number of benzene rings is 1. The number of carbonyl (C=O) groups excluding carboxylic acids is 5. The molecule has 0 radical (unpaired) electrons. The molecular formula is C24H38N6O6. The summed E-state index contributed by atoms with van der Waals surface area (Å²) in [5.74, 6) is -4.16. The van der Waals surface area contributed by atoms with E-state index in [0.717, 1.165) is 5.56 Å². The fraction of sp³-hybridized carbons (Fsp3) is 0.542. The number of nitrogens with one attached hydrogen (secondary N) is 2. The second-order valence-corrected chi connectivity index (χ2v) is 8.60. The number of ketones is 1. The van der Waals surface area contributed by atoms with E-state index in [2.05, 4.69) is 10.6 Å². The summed E-state index contributed by atoms with van der Waals surface area (Å²) >= 11 is 0. The first kappa shape index (κ1) is 30.7. The SMILES string of the molecule is COC[C@H](N)C(=O)N[C@@H](Cc1ccccc1)C(=O)C[C@@H](CCCCN)C(=O)N[C@@H](CC(N)=O)C(N)=O. The van der Waals surface area contributed by atoms with Gasteiger partial charge in [0.25, 0.3) is 0 Å². The van der Waals surface area contributed by atoms with Gasteiger partial charge in [-0.05, 0) is 31.4 Å². The number of Topliss-reactive ketones (excluding diaryl/α,β-unsaturated/α-hetero) is 1. The molecule has 0 fully saturated rings. The number of rotatable bonds is 18. The van der Waals surface area contributed by atoms with Crippen molar-refractivity contribution in [2.75, 3.05) is 20.3 Å². The van der Waals surface area contributed by atoms with E-state index >= 15 is 0 Å². The molecule has 10 N–H and O–H groups in total. The molecule has 12 nitrogen and oxygen atoms in total. The summed E-state index contributed by atoms with van der Waals surface area (Å²) < 4.78 is 4.92. The molecule has 1 aromatic carbocycles. The van der Waals surface area contributed by atoms with E-state index < -0.39 is 59.9 Å². The van der Waals surface area contributed by atoms with Gasteiger partial charge in [0.2, 0.25) is 23.6 Å². The van der Waals surface area contributed by atoms with Crippen molar-refractivity contribution in [1.29, 1.82) is 0 Å². The molecule has 12 heteroatoms. The molecule has 0 heterocycles. The van der Waals surface area contributed by atoms with Gasteiger partial charge in [0.1, 0.15) is 12.1 Å². The largest absolute Gasteiger partial charge is 0.383 e. The number of unbranched alkanes of at least 4 members (excludes halogenated alkanes) is 1. The van der Waals surface area contributed by atoms with Crippen LogP contribution < -0.4 is 33.6 Å². The van der Waals surface area contributed by atoms with Gasteiger partial charge in [-0.3, -0.25) is 24.0 Å². The Bertz CT molecular complexity index is 881. The summed E-state index contributed by atoms with van der Waals surface area (Å²) in [4.78, 5) is 61.8. The monoisotopic (exact) mass is 506 g/mol. The van der Waals surface area contributed by atoms with Crippen LogP contribution >= 0.6 is 0 Å². The number of nitrogens with two attached hydrogens (primary N) is 4. The molecular weight excluding hydrogens is 468 g/mol. The highest BCUT2D eigenvalue weighted by Crippen LogP contribution is 2.17. The summed E-state index contributed by atoms with van der Waals surface area (Å²) in [7, 11) is 1.40. The first-order valence-electron chi connectivity index (χ1n) is 11.8. The Hall–Kier alpha value is -3.35. The van der Waals surface area contributed by atoms with Crippen molar-refractivity contribution in [3.05, 3.63) is 35.9 Å². The molecule has 0 bridgehead atoms. The van der Waals surface area contributed by atoms with Crippen LogP contribution in [0.2, 0.25) is 0 Å². The van der Waals surface area contributed by atoms with Crippen LogP contribution in [0.15, 0.2) is 30.3 Å². The van der Waals surface area contributed by atoms with Gasteiger partial charge in [-0.1, -0.05) is 36.8 Å². The number of ether oxygens (including phenoxy) is 1. The van der Waals surface area contributed by atoms with E-state index in [-0.39, 0.29) is 19.4 Å². The third kappa shape index (κ3) is 11.4. The Morgan fingerprint density at radius 3 is 2.11 bits per heavy atom. The van der Waals surface area contributed by atoms with Crippen molar-refractivity contribution in [3.8, 4) is 0 Å². The van der Waals surface area contributed by atoms with Gasteiger partial charge in [-0.2, -0.15) is 0 Å². The van der Waals surface area contributed by atoms with Crippen molar-refractivity contribution in [1.82, 2.24) is 10.6 Å². The lowest BCUT2D eigenvalue weighted by Crippen LogP contribution is -2.52. The van der Waals surface area contributed by atoms with E-state index in [1.165, 1.54) is 7.11 Å². The van der Waals surface area contributed by atoms with Crippen molar-refractivity contribution < 1.29 is 28.7 Å². The van der Waals surface area contributed by atoms with Crippen molar-refractivity contribution in [3.63, 3.8) is 0 Å². The standard InChI is InChI=1S/C24H38N6O6/c1-36-14-17(26)24(35)29-18(11-15-7-3-2-4-8-15)20(31)12-16(9-5-6-10-25)23(34)30-19(22(28)33)13-21(27)32/h2-4,7-8,16-19H,5-6,9-14,25-26H2,1H3,(H2,27,32)(H2,28,33)(H,29,35)(H,30,34)/t16-,17+,18+,19+/m1/s1. The van der Waals surface area contributed by atoms with Crippen LogP contribution in [0.5, 0.6) is 0 Å². The van der Waals surface area contributed by atoms with Gasteiger partial charge in [0, 0.05) is 19.4 Å². The Morgan fingerprint density at radius 2 is 1.56 bits per heavy atom. The molecule has 1 aromatic rings. The van der Waals surface area contributed by atoms with E-state index in [4.69, 9.17) is 27.7 Å². The maximum absolute atomic E-state index is 13.4. The lowest BCUT2D eigenvalue weighted by atomic mass is 9.90. The second kappa shape index (κ2) is 16.3. The lowest BCUT2D eigenvalue weighted by molar-refractivity contribution is -0.134. The number of methoxy groups -OCH3 is 1. The third-order valence-electron chi connectivity index (χ3n) is 5.56. The number of primary amides is 2. The van der Waals surface area contributed by atoms with Crippen LogP contribution in [0.4, 0.5) is 0 Å². The highest BCUT2D eigenvalue weighted by molar-refractivity contribution is 5.95. The zero-order chi connectivity index (χ0) is 27.1. The molecule has 0 saturated carbocycles. The van der Waals surface area contributed by atoms with Gasteiger partial charge in [-0.15, -0.1) is 0 Å². The van der Waals surface area contributed by atoms with Crippen molar-refractivity contribution >= 4 is 29.4 Å². The smallest absolute Gasteiger partial charge is 0.240 e. The number of hydrogen-bond donors (Lipinski definition) is 6. The molecule has 0 spiro atoms. The van der Waals surface area contributed by atoms with Crippen molar-refractivity contribution in [2.24, 2.45) is 28.9 Å². The molecule has 0 aliphatic heterocycles. The normalized spacial score (nSPS) is 14.2. The molecule has 36 heavy (non-hydrogen) atoms. The summed E-state index contributed by atoms with van der Waals surface area (Å²) in [6.45, 7) is 0.370. The summed E-state index contributed by atoms with van der Waals surface area (Å²) in [5.41, 5.74) is 22.6. The Kier molecular flexibility index (Phi) is 13.9. The van der Waals surface area contributed by atoms with Crippen LogP contribution in [0.1, 0.15) is 37.7 Å². The first-order valence-corrected chi connectivity index (χ1v) is 11.8. The van der Waals surface area contributed by atoms with Crippen LogP contribution in [0.25, 0.3) is 0 Å². The van der Waals surface area contributed by atoms with E-state index in [1.807, 2.05) is 18.2 Å². The minimum Gasteiger partial charge on any atom is -0.383 e. The van der Waals surface area contributed by atoms with Crippen LogP contribution in [0, 0.1) is 5.92 Å². The highest BCUT2D eigenvalue weighted by atomic mass is 16.5. The molecule has 0 saturated heterocycles. The van der Waals surface area contributed by atoms with E-state index in [9.17, 15) is 24.0 Å². The zero-order valence-electron chi connectivity index (χ0n) is 20.6. The van der Waals surface area contributed by atoms with Gasteiger partial charge in [0.05, 0.1) is 19.1 Å². The average molecular weight is 507 g/mol. The zero-order valence-corrected chi connectivity index (χ0v) is 20.6. The molecule has 0 aliphatic carbocycles. The number of amides is 4. The molecule has 200 valence electrons. The maximum atomic E-state index is 13.4. The predicted molar refractivity (Wildman–Crippen MR) is 133 cm³/mol. The topological polar surface area (TPSA) is 223 Å². The van der Waals surface area contributed by atoms with Crippen LogP contribution in [0.3, 0.4) is 0 Å². The van der Waals surface area contributed by atoms with Gasteiger partial charge >= 0.3 is 0 Å². The molecule has 1 rings (SSSR count). The molecule has 4 atom stereocenters. The van der Waals surface area contributed by atoms with Gasteiger partial charge < -0.3 is 38.3 Å². The van der Waals surface area contributed by atoms with Crippen molar-refractivity contribution in [2.45, 2.75) is 56.7 Å². The Morgan fingerprint density at radius 1 is 0.917 bits per heavy atom. The molecule has 4 amide bonds. The maximum Gasteiger partial charge on any atom is 0.240 e. The van der Waals surface area contributed by atoms with Crippen LogP contribution in [-0.4, -0.2) is 67.8 Å². The summed E-state index contributed by atoms with van der Waals surface area (Å²) in [5, 5.41) is 5.09. The Labute approximate surface area is 210 Å². The highest BCUT2D eigenvalue weighted by Gasteiger charge is 2.31. The fourth-order valence-electron chi connectivity index (χ4n) is 3.59. The average Bonchev–Trinajstić information content (AvgIpc) is 2.82. The molecule has 0 unspecified atom stereocenters. The predicted octanol–water partition coefficient (Wildman–Crippen LogP) is -1.76. The number of hydrogen-bond acceptors (Lipinski definition) is 8. The van der Waals surface area contributed by atoms with E-state index in [1.54, 1.807) is 12.1 Å². The second-order valence-electron chi connectivity index (χ2n) is 8.60. The molecule has 0 aromatic heterocycles. The first-order chi connectivity index (χ1) is 17.1. The molecule has 0 aliphatic rings. The van der Waals surface area contributed by atoms with E-state index in [0.29, 0.717) is 25.8 Å².